The van der Waals surface area contributed by atoms with Crippen molar-refractivity contribution in [3.05, 3.63) is 52.7 Å². The number of nitrogens with zero attached hydrogens (tertiary/aromatic N) is 5. The van der Waals surface area contributed by atoms with Crippen LogP contribution in [0.5, 0.6) is 5.88 Å². The first-order valence-corrected chi connectivity index (χ1v) is 13.2. The largest absolute Gasteiger partial charge is 0.474 e. The van der Waals surface area contributed by atoms with Crippen molar-refractivity contribution in [2.24, 2.45) is 18.2 Å². The second-order valence-electron chi connectivity index (χ2n) is 10.4. The van der Waals surface area contributed by atoms with E-state index >= 15 is 0 Å². The van der Waals surface area contributed by atoms with E-state index in [9.17, 15) is 22.8 Å². The maximum Gasteiger partial charge on any atom is 0.416 e. The van der Waals surface area contributed by atoms with Crippen molar-refractivity contribution in [2.45, 2.75) is 51.4 Å². The summed E-state index contributed by atoms with van der Waals surface area (Å²) in [7, 11) is 1.75. The summed E-state index contributed by atoms with van der Waals surface area (Å²) in [5.41, 5.74) is 5.89. The number of hydrogen-bond acceptors (Lipinski definition) is 8. The number of benzene rings is 1. The first kappa shape index (κ1) is 27.5. The van der Waals surface area contributed by atoms with E-state index < -0.39 is 23.6 Å². The Hall–Kier alpha value is -4.07. The number of fused-ring (bicyclic) bond motifs is 1. The predicted molar refractivity (Wildman–Crippen MR) is 141 cm³/mol. The van der Waals surface area contributed by atoms with E-state index in [-0.39, 0.29) is 34.0 Å². The van der Waals surface area contributed by atoms with Gasteiger partial charge in [0.1, 0.15) is 16.7 Å². The number of carbonyl (C=O) groups is 2. The topological polar surface area (TPSA) is 138 Å². The van der Waals surface area contributed by atoms with Crippen molar-refractivity contribution in [3.63, 3.8) is 0 Å². The highest BCUT2D eigenvalue weighted by atomic mass is 32.1. The van der Waals surface area contributed by atoms with E-state index in [0.717, 1.165) is 23.5 Å². The number of primary amides is 1. The van der Waals surface area contributed by atoms with Gasteiger partial charge in [0.15, 0.2) is 5.65 Å². The van der Waals surface area contributed by atoms with Gasteiger partial charge < -0.3 is 15.8 Å². The van der Waals surface area contributed by atoms with Gasteiger partial charge in [0.25, 0.3) is 11.8 Å². The number of aryl methyl sites for hydroxylation is 1. The zero-order chi connectivity index (χ0) is 28.8. The summed E-state index contributed by atoms with van der Waals surface area (Å²) in [5.74, 6) is -0.861. The number of hydrogen-bond donors (Lipinski definition) is 2. The van der Waals surface area contributed by atoms with Gasteiger partial charge in [-0.15, -0.1) is 10.2 Å². The Morgan fingerprint density at radius 3 is 2.60 bits per heavy atom. The summed E-state index contributed by atoms with van der Waals surface area (Å²) in [6.07, 6.45) is -0.951. The molecule has 1 atom stereocenters. The molecule has 0 aliphatic heterocycles. The van der Waals surface area contributed by atoms with Gasteiger partial charge in [-0.1, -0.05) is 30.4 Å². The van der Waals surface area contributed by atoms with E-state index in [1.54, 1.807) is 24.0 Å². The van der Waals surface area contributed by atoms with Crippen molar-refractivity contribution in [1.82, 2.24) is 30.3 Å². The number of nitrogens with two attached hydrogens (primary N) is 1. The minimum atomic E-state index is -4.43. The van der Waals surface area contributed by atoms with Gasteiger partial charge in [-0.05, 0) is 49.8 Å². The van der Waals surface area contributed by atoms with Gasteiger partial charge in [-0.2, -0.15) is 23.3 Å². The number of nitrogens with one attached hydrogen (secondary N) is 1. The van der Waals surface area contributed by atoms with Crippen molar-refractivity contribution < 1.29 is 27.5 Å². The Kier molecular flexibility index (Phi) is 6.98. The molecule has 5 rings (SSSR count). The molecule has 10 nitrogen and oxygen atoms in total. The lowest BCUT2D eigenvalue weighted by Crippen LogP contribution is -2.46. The van der Waals surface area contributed by atoms with E-state index in [4.69, 9.17) is 10.5 Å². The van der Waals surface area contributed by atoms with Gasteiger partial charge in [0.05, 0.1) is 11.8 Å². The van der Waals surface area contributed by atoms with E-state index in [2.05, 4.69) is 32.5 Å². The Balaban J connectivity index is 1.16. The van der Waals surface area contributed by atoms with Crippen LogP contribution in [0.3, 0.4) is 0 Å². The average Bonchev–Trinajstić information content (AvgIpc) is 3.49. The molecule has 14 heteroatoms. The molecule has 0 radical (unpaired) electrons. The van der Waals surface area contributed by atoms with E-state index in [1.807, 2.05) is 6.92 Å². The Morgan fingerprint density at radius 1 is 1.25 bits per heavy atom. The number of aromatic nitrogens is 5. The van der Waals surface area contributed by atoms with Crippen LogP contribution in [-0.4, -0.2) is 48.9 Å². The number of halogens is 3. The highest BCUT2D eigenvalue weighted by molar-refractivity contribution is 7.16. The van der Waals surface area contributed by atoms with Crippen molar-refractivity contribution in [3.8, 4) is 16.5 Å². The quantitative estimate of drug-likeness (QED) is 0.319. The number of pyridine rings is 1. The van der Waals surface area contributed by atoms with Crippen LogP contribution in [0.2, 0.25) is 0 Å². The first-order chi connectivity index (χ1) is 18.8. The molecule has 1 fully saturated rings. The zero-order valence-electron chi connectivity index (χ0n) is 21.8. The number of alkyl halides is 3. The second-order valence-corrected chi connectivity index (χ2v) is 11.4. The molecule has 0 bridgehead atoms. The molecule has 40 heavy (non-hydrogen) atoms. The zero-order valence-corrected chi connectivity index (χ0v) is 22.6. The summed E-state index contributed by atoms with van der Waals surface area (Å²) >= 11 is 1.01. The van der Waals surface area contributed by atoms with Crippen LogP contribution in [0.4, 0.5) is 13.2 Å². The molecule has 3 aromatic heterocycles. The lowest BCUT2D eigenvalue weighted by molar-refractivity contribution is -0.137. The lowest BCUT2D eigenvalue weighted by Gasteiger charge is -2.46. The van der Waals surface area contributed by atoms with Gasteiger partial charge in [-0.25, -0.2) is 0 Å². The number of rotatable bonds is 8. The summed E-state index contributed by atoms with van der Waals surface area (Å²) in [4.78, 5) is 29.2. The van der Waals surface area contributed by atoms with Crippen LogP contribution < -0.4 is 15.8 Å². The van der Waals surface area contributed by atoms with E-state index in [0.29, 0.717) is 40.9 Å². The predicted octanol–water partition coefficient (Wildman–Crippen LogP) is 4.36. The molecule has 0 spiro atoms. The number of amides is 2. The van der Waals surface area contributed by atoms with Gasteiger partial charge in [0.2, 0.25) is 10.9 Å². The van der Waals surface area contributed by atoms with Crippen LogP contribution >= 0.6 is 11.3 Å². The van der Waals surface area contributed by atoms with Crippen LogP contribution in [0, 0.1) is 5.41 Å². The summed E-state index contributed by atoms with van der Waals surface area (Å²) < 4.78 is 46.1. The molecular formula is C26H26F3N7O3S. The molecule has 0 saturated heterocycles. The fourth-order valence-corrected chi connectivity index (χ4v) is 5.84. The molecule has 2 amide bonds. The summed E-state index contributed by atoms with van der Waals surface area (Å²) in [6, 6.07) is 5.98. The van der Waals surface area contributed by atoms with Crippen molar-refractivity contribution >= 4 is 34.2 Å². The highest BCUT2D eigenvalue weighted by Crippen LogP contribution is 2.46. The van der Waals surface area contributed by atoms with Crippen LogP contribution in [0.1, 0.15) is 58.8 Å². The molecule has 1 saturated carbocycles. The smallest absolute Gasteiger partial charge is 0.416 e. The minimum absolute atomic E-state index is 0.118. The normalized spacial score (nSPS) is 19.7. The molecule has 0 unspecified atom stereocenters. The molecule has 1 aromatic carbocycles. The minimum Gasteiger partial charge on any atom is -0.474 e. The Morgan fingerprint density at radius 2 is 1.95 bits per heavy atom. The van der Waals surface area contributed by atoms with Crippen LogP contribution in [0.15, 0.2) is 36.5 Å². The fraction of sp³-hybridized carbons (Fsp3) is 0.385. The lowest BCUT2D eigenvalue weighted by atomic mass is 9.65. The van der Waals surface area contributed by atoms with E-state index in [1.165, 1.54) is 12.1 Å². The molecule has 3 heterocycles. The maximum absolute atomic E-state index is 12.8. The Labute approximate surface area is 230 Å². The monoisotopic (exact) mass is 573 g/mol. The summed E-state index contributed by atoms with van der Waals surface area (Å²) in [6.45, 7) is 3.98. The van der Waals surface area contributed by atoms with Gasteiger partial charge in [0, 0.05) is 24.0 Å². The van der Waals surface area contributed by atoms with Gasteiger partial charge >= 0.3 is 6.18 Å². The molecule has 4 aromatic rings. The fourth-order valence-electron chi connectivity index (χ4n) is 5.08. The van der Waals surface area contributed by atoms with Crippen molar-refractivity contribution in [1.29, 1.82) is 0 Å². The highest BCUT2D eigenvalue weighted by Gasteiger charge is 2.43. The van der Waals surface area contributed by atoms with Crippen LogP contribution in [-0.2, 0) is 13.2 Å². The molecule has 1 aliphatic carbocycles. The molecular weight excluding hydrogens is 547 g/mol. The third kappa shape index (κ3) is 5.62. The van der Waals surface area contributed by atoms with Crippen molar-refractivity contribution in [2.75, 3.05) is 0 Å². The maximum atomic E-state index is 12.8. The summed E-state index contributed by atoms with van der Waals surface area (Å²) in [5, 5.41) is 16.1. The molecule has 210 valence electrons. The molecule has 3 N–H and O–H groups in total. The molecule has 1 aliphatic rings. The first-order valence-electron chi connectivity index (χ1n) is 12.4. The third-order valence-electron chi connectivity index (χ3n) is 6.91. The average molecular weight is 574 g/mol. The SMILES string of the molecule is C[C@H](CC1(C)CC(Oc2nc3c(cnn3C)cc2C(N)=O)C1)NC(=O)c1nnc(-c2ccc(C(F)(F)F)cc2)s1. The third-order valence-corrected chi connectivity index (χ3v) is 7.88. The van der Waals surface area contributed by atoms with Crippen LogP contribution in [0.25, 0.3) is 21.6 Å². The van der Waals surface area contributed by atoms with Gasteiger partial charge in [-0.3, -0.25) is 14.3 Å². The number of carbonyl (C=O) groups excluding carboxylic acids is 2. The number of ether oxygens (including phenoxy) is 1. The Bertz CT molecular complexity index is 1580. The standard InChI is InChI=1S/C26H26F3N7O3S/c1-13(32-21(38)24-35-34-23(40-24)14-4-6-16(7-5-14)26(27,28)29)9-25(2)10-17(11-25)39-22-18(19(30)37)8-15-12-31-36(3)20(15)33-22/h4-8,12-13,17H,9-11H2,1-3H3,(H2,30,37)(H,32,38)/t13-,17?,25?/m1/s1. The second kappa shape index (κ2) is 10.2.